The van der Waals surface area contributed by atoms with Crippen LogP contribution < -0.4 is 21.3 Å². The van der Waals surface area contributed by atoms with E-state index in [1.54, 1.807) is 0 Å². The number of halogens is 1. The molecule has 372 valence electrons. The molecule has 6 rings (SSSR count). The van der Waals surface area contributed by atoms with E-state index in [1.165, 1.54) is 0 Å². The van der Waals surface area contributed by atoms with Gasteiger partial charge >= 0.3 is 16.3 Å². The predicted molar refractivity (Wildman–Crippen MR) is 237 cm³/mol. The molecule has 0 aliphatic heterocycles. The second kappa shape index (κ2) is 18.0. The number of hydrogen-bond donors (Lipinski definition) is 10. The average molecular weight is 1110 g/mol. The van der Waals surface area contributed by atoms with E-state index in [-0.39, 0.29) is 17.8 Å². The fourth-order valence-electron chi connectivity index (χ4n) is 6.41. The fraction of sp³-hybridized carbons (Fsp3) is 0. The Labute approximate surface area is 393 Å². The van der Waals surface area contributed by atoms with Crippen LogP contribution >= 0.6 is 0 Å². The third kappa shape index (κ3) is 11.9. The summed E-state index contributed by atoms with van der Waals surface area (Å²) < 4.78 is 243. The van der Waals surface area contributed by atoms with Gasteiger partial charge in [0.25, 0.3) is 72.5 Å². The highest BCUT2D eigenvalue weighted by Crippen LogP contribution is 2.38. The number of rotatable bonds is 13. The van der Waals surface area contributed by atoms with Crippen LogP contribution in [-0.4, -0.2) is 104 Å². The summed E-state index contributed by atoms with van der Waals surface area (Å²) >= 11 is 0. The zero-order valence-electron chi connectivity index (χ0n) is 33.5. The highest BCUT2D eigenvalue weighted by atomic mass is 32.3. The van der Waals surface area contributed by atoms with Crippen LogP contribution in [0.5, 0.6) is 0 Å². The van der Waals surface area contributed by atoms with Crippen LogP contribution in [0.3, 0.4) is 0 Å². The molecule has 0 aliphatic rings. The monoisotopic (exact) mass is 1110 g/mol. The first kappa shape index (κ1) is 52.8. The predicted octanol–water partition coefficient (Wildman–Crippen LogP) is 3.28. The Morgan fingerprint density at radius 1 is 0.386 bits per heavy atom. The Kier molecular flexibility index (Phi) is 13.5. The first-order valence-electron chi connectivity index (χ1n) is 17.8. The van der Waals surface area contributed by atoms with Crippen molar-refractivity contribution < 1.29 is 105 Å². The van der Waals surface area contributed by atoms with Crippen LogP contribution in [0.1, 0.15) is 20.7 Å². The lowest BCUT2D eigenvalue weighted by Gasteiger charge is -2.17. The Hall–Kier alpha value is -6.61. The highest BCUT2D eigenvalue weighted by molar-refractivity contribution is 7.88. The van der Waals surface area contributed by atoms with Crippen molar-refractivity contribution in [1.29, 1.82) is 0 Å². The van der Waals surface area contributed by atoms with Crippen LogP contribution in [-0.2, 0) is 70.9 Å². The van der Waals surface area contributed by atoms with Crippen molar-refractivity contribution in [2.24, 2.45) is 0 Å². The van der Waals surface area contributed by atoms with E-state index in [1.807, 2.05) is 10.6 Å². The van der Waals surface area contributed by atoms with Gasteiger partial charge in [-0.25, -0.2) is 4.79 Å². The maximum Gasteiger partial charge on any atom is 0.332 e. The second-order valence-corrected chi connectivity index (χ2v) is 23.9. The van der Waals surface area contributed by atoms with E-state index in [0.717, 1.165) is 30.3 Å². The molecule has 0 atom stereocenters. The Morgan fingerprint density at radius 2 is 0.743 bits per heavy atom. The molecule has 10 N–H and O–H groups in total. The minimum Gasteiger partial charge on any atom is -0.321 e. The fourth-order valence-corrected chi connectivity index (χ4v) is 10.8. The summed E-state index contributed by atoms with van der Waals surface area (Å²) in [5.41, 5.74) is -4.62. The molecule has 0 aliphatic carbocycles. The summed E-state index contributed by atoms with van der Waals surface area (Å²) in [6.07, 6.45) is 0. The molecule has 0 spiro atoms. The molecule has 70 heavy (non-hydrogen) atoms. The van der Waals surface area contributed by atoms with E-state index < -0.39 is 173 Å². The molecule has 6 aromatic rings. The van der Waals surface area contributed by atoms with Crippen molar-refractivity contribution in [3.8, 4) is 0 Å². The van der Waals surface area contributed by atoms with E-state index in [9.17, 15) is 105 Å². The lowest BCUT2D eigenvalue weighted by Crippen LogP contribution is -2.22. The van der Waals surface area contributed by atoms with Crippen molar-refractivity contribution in [2.75, 3.05) is 21.3 Å². The number of urea groups is 1. The minimum atomic E-state index is -5.59. The SMILES string of the molecule is O=C(Nc1cc(C(=O)Nc2cc(S(=O)(=O)O)cc3cc(S(=O)(=O)O)cc(S(=O)(=O)O)c23)cc(C(=O)Nc2cc(S(=O)(=O)O)cc3cc(S(=O)(=O)O)cc(S(=O)(=O)O)c23)c1)Nc1cccc(S(=O)(=O)F)c1. The summed E-state index contributed by atoms with van der Waals surface area (Å²) in [7, 11) is -37.9. The Morgan fingerprint density at radius 3 is 1.09 bits per heavy atom. The molecule has 0 saturated heterocycles. The van der Waals surface area contributed by atoms with Gasteiger partial charge in [0.1, 0.15) is 14.7 Å². The van der Waals surface area contributed by atoms with Crippen molar-refractivity contribution in [2.45, 2.75) is 34.3 Å². The summed E-state index contributed by atoms with van der Waals surface area (Å²) in [5, 5.41) is 4.92. The Balaban J connectivity index is 1.56. The molecule has 0 fully saturated rings. The van der Waals surface area contributed by atoms with Gasteiger partial charge in [-0.1, -0.05) is 6.07 Å². The van der Waals surface area contributed by atoms with Crippen LogP contribution in [0.25, 0.3) is 21.5 Å². The number of fused-ring (bicyclic) bond motifs is 2. The number of anilines is 4. The van der Waals surface area contributed by atoms with E-state index in [4.69, 9.17) is 0 Å². The molecule has 0 radical (unpaired) electrons. The van der Waals surface area contributed by atoms with E-state index >= 15 is 0 Å². The number of benzene rings is 6. The smallest absolute Gasteiger partial charge is 0.321 e. The average Bonchev–Trinajstić information content (AvgIpc) is 3.20. The molecule has 27 nitrogen and oxygen atoms in total. The second-order valence-electron chi connectivity index (χ2n) is 14.1. The quantitative estimate of drug-likeness (QED) is 0.0586. The third-order valence-corrected chi connectivity index (χ3v) is 15.2. The molecule has 0 unspecified atom stereocenters. The van der Waals surface area contributed by atoms with Gasteiger partial charge in [0.15, 0.2) is 0 Å². The summed E-state index contributed by atoms with van der Waals surface area (Å²) in [4.78, 5) is 32.9. The number of carbonyl (C=O) groups excluding carboxylic acids is 3. The number of nitrogens with one attached hydrogen (secondary N) is 4. The van der Waals surface area contributed by atoms with E-state index in [0.29, 0.717) is 48.5 Å². The molecule has 6 aromatic carbocycles. The van der Waals surface area contributed by atoms with Gasteiger partial charge < -0.3 is 21.3 Å². The third-order valence-electron chi connectivity index (χ3n) is 9.25. The van der Waals surface area contributed by atoms with E-state index in [2.05, 4.69) is 10.6 Å². The van der Waals surface area contributed by atoms with Crippen molar-refractivity contribution in [3.63, 3.8) is 0 Å². The van der Waals surface area contributed by atoms with Gasteiger partial charge in [-0.15, -0.1) is 3.89 Å². The maximum absolute atomic E-state index is 14.1. The highest BCUT2D eigenvalue weighted by Gasteiger charge is 2.29. The van der Waals surface area contributed by atoms with Crippen LogP contribution in [0.2, 0.25) is 0 Å². The van der Waals surface area contributed by atoms with Gasteiger partial charge in [-0.05, 0) is 95.7 Å². The number of hydrogen-bond acceptors (Lipinski definition) is 17. The van der Waals surface area contributed by atoms with Gasteiger partial charge in [0.2, 0.25) is 0 Å². The molecule has 35 heteroatoms. The maximum atomic E-state index is 14.1. The molecule has 4 amide bonds. The lowest BCUT2D eigenvalue weighted by molar-refractivity contribution is 0.102. The van der Waals surface area contributed by atoms with Crippen LogP contribution in [0, 0.1) is 0 Å². The molecular formula is C35H25FN4O23S7. The normalized spacial score (nSPS) is 12.9. The topological polar surface area (TPSA) is 460 Å². The van der Waals surface area contributed by atoms with Crippen LogP contribution in [0.15, 0.2) is 125 Å². The molecule has 0 saturated carbocycles. The first-order chi connectivity index (χ1) is 31.8. The summed E-state index contributed by atoms with van der Waals surface area (Å²) in [6.45, 7) is 0. The van der Waals surface area contributed by atoms with Crippen molar-refractivity contribution in [3.05, 3.63) is 102 Å². The molecule has 0 heterocycles. The van der Waals surface area contributed by atoms with Gasteiger partial charge in [0, 0.05) is 33.3 Å². The first-order valence-corrected chi connectivity index (χ1v) is 27.8. The van der Waals surface area contributed by atoms with Crippen LogP contribution in [0.4, 0.5) is 31.4 Å². The standard InChI is InChI=1S/C35H25FN4O23S7/c36-64(44,45)22-3-1-2-20(11-22)37-35(43)38-21-5-18(33(41)39-27-12-23(65(46,47)48)7-16-9-25(67(52,53)54)14-29(31(16)27)69(58,59)60)4-19(6-21)34(42)40-28-13-24(66(49,50)51)8-17-10-26(68(55,56)57)15-30(32(17)28)70(61,62)63/h1-15H,(H,39,41)(H,40,42)(H2,37,38,43)(H,46,47,48)(H,49,50,51)(H,52,53,54)(H,55,56,57)(H,58,59,60)(H,61,62,63). The van der Waals surface area contributed by atoms with Gasteiger partial charge in [-0.2, -0.15) is 58.9 Å². The van der Waals surface area contributed by atoms with Gasteiger partial charge in [-0.3, -0.25) is 36.9 Å². The Bertz CT molecular complexity index is 3920. The van der Waals surface area contributed by atoms with Crippen molar-refractivity contribution in [1.82, 2.24) is 0 Å². The molecule has 0 aromatic heterocycles. The minimum absolute atomic E-state index is 0.192. The zero-order chi connectivity index (χ0) is 52.5. The lowest BCUT2D eigenvalue weighted by atomic mass is 10.1. The summed E-state index contributed by atoms with van der Waals surface area (Å²) in [6, 6.07) is 7.33. The summed E-state index contributed by atoms with van der Waals surface area (Å²) in [5.74, 6) is -3.09. The largest absolute Gasteiger partial charge is 0.332 e. The number of carbonyl (C=O) groups is 3. The molecular weight excluding hydrogens is 1090 g/mol. The van der Waals surface area contributed by atoms with Gasteiger partial charge in [0.05, 0.1) is 31.0 Å². The zero-order valence-corrected chi connectivity index (χ0v) is 39.2. The van der Waals surface area contributed by atoms with Crippen molar-refractivity contribution >= 4 is 133 Å². The molecule has 0 bridgehead atoms. The number of amides is 4.